The summed E-state index contributed by atoms with van der Waals surface area (Å²) in [7, 11) is 9.59. The van der Waals surface area contributed by atoms with Gasteiger partial charge in [0, 0.05) is 17.1 Å². The molecule has 195 valence electrons. The Bertz CT molecular complexity index is 676. The molecule has 2 bridgehead atoms. The molecule has 0 spiro atoms. The van der Waals surface area contributed by atoms with Gasteiger partial charge < -0.3 is 21.3 Å². The Hall–Kier alpha value is 0.0895. The Labute approximate surface area is 220 Å². The largest absolute Gasteiger partial charge is 0.659 e. The van der Waals surface area contributed by atoms with E-state index in [2.05, 4.69) is 18.2 Å². The summed E-state index contributed by atoms with van der Waals surface area (Å²) < 4.78 is 0. The zero-order valence-electron chi connectivity index (χ0n) is 19.5. The minimum atomic E-state index is 0. The second kappa shape index (κ2) is 14.0. The number of halogens is 2. The van der Waals surface area contributed by atoms with Gasteiger partial charge in [-0.25, -0.2) is 0 Å². The van der Waals surface area contributed by atoms with E-state index in [4.69, 9.17) is 46.4 Å². The third kappa shape index (κ3) is 7.79. The molecular formula is C25H45Cl2MnN5-4. The van der Waals surface area contributed by atoms with Crippen LogP contribution in [0.2, 0.25) is 0 Å². The summed E-state index contributed by atoms with van der Waals surface area (Å²) >= 11 is 0.00694. The van der Waals surface area contributed by atoms with Crippen LogP contribution in [-0.4, -0.2) is 41.2 Å². The van der Waals surface area contributed by atoms with Crippen LogP contribution in [0, 0.1) is 0 Å². The number of pyridine rings is 1. The molecule has 0 amide bonds. The van der Waals surface area contributed by atoms with Crippen molar-refractivity contribution in [3.8, 4) is 0 Å². The van der Waals surface area contributed by atoms with Crippen LogP contribution < -0.4 is 0 Å². The Balaban J connectivity index is 0.00000177. The number of aromatic nitrogens is 1. The topological polar surface area (TPSA) is 69.3 Å². The molecule has 2 heterocycles. The summed E-state index contributed by atoms with van der Waals surface area (Å²) in [6.07, 6.45) is 15.0. The number of nitrogens with zero attached hydrogens (tertiary/aromatic N) is 5. The van der Waals surface area contributed by atoms with Gasteiger partial charge in [-0.15, -0.1) is 13.1 Å². The standard InChI is InChI=1S/C25H37N5.2ClH.Mn.4H2/c1-3-12-22-20(10-1)26-16-18-8-7-9-19(28-18)17-27-21-11-2-4-13-23(21)30-25-15-6-5-14-24(25)29-22;;;;;;;/h7-9,20-25H,1-6,10-17H2;2*1H;;4*1H/q-4;;;+2;;;;/p-2/t20-,21?,22-,23?,24?,25?;;;;;;;/m1......./s1. The van der Waals surface area contributed by atoms with Gasteiger partial charge in [0.2, 0.25) is 0 Å². The second-order valence-electron chi connectivity index (χ2n) is 9.91. The monoisotopic (exact) mass is 540 g/mol. The molecule has 0 radical (unpaired) electrons. The van der Waals surface area contributed by atoms with Crippen LogP contribution in [0.3, 0.4) is 0 Å². The molecule has 0 aromatic carbocycles. The van der Waals surface area contributed by atoms with Crippen molar-refractivity contribution in [3.05, 3.63) is 50.9 Å². The van der Waals surface area contributed by atoms with Crippen molar-refractivity contribution in [2.24, 2.45) is 0 Å². The van der Waals surface area contributed by atoms with E-state index in [1.54, 1.807) is 0 Å². The van der Waals surface area contributed by atoms with Gasteiger partial charge in [-0.05, 0) is 12.1 Å². The number of hydrogen-bond donors (Lipinski definition) is 0. The van der Waals surface area contributed by atoms with Gasteiger partial charge in [0.15, 0.2) is 0 Å². The molecule has 5 nitrogen and oxygen atoms in total. The van der Waals surface area contributed by atoms with Gasteiger partial charge in [-0.3, -0.25) is 4.98 Å². The van der Waals surface area contributed by atoms with E-state index in [-0.39, 0.29) is 18.8 Å². The first-order valence-electron chi connectivity index (χ1n) is 12.8. The fourth-order valence-corrected chi connectivity index (χ4v) is 6.02. The van der Waals surface area contributed by atoms with Gasteiger partial charge in [-0.1, -0.05) is 83.1 Å². The maximum Gasteiger partial charge on any atom is 0.0201 e. The van der Waals surface area contributed by atoms with Crippen molar-refractivity contribution in [1.82, 2.24) is 4.98 Å². The van der Waals surface area contributed by atoms with E-state index in [0.29, 0.717) is 36.3 Å². The first kappa shape index (κ1) is 26.2. The molecule has 8 heteroatoms. The van der Waals surface area contributed by atoms with E-state index in [9.17, 15) is 0 Å². The quantitative estimate of drug-likeness (QED) is 0.303. The third-order valence-electron chi connectivity index (χ3n) is 7.69. The summed E-state index contributed by atoms with van der Waals surface area (Å²) in [6, 6.07) is 8.69. The smallest absolute Gasteiger partial charge is 0.0201 e. The van der Waals surface area contributed by atoms with E-state index in [1.807, 2.05) is 0 Å². The third-order valence-corrected chi connectivity index (χ3v) is 7.69. The van der Waals surface area contributed by atoms with Gasteiger partial charge >= 0.3 is 33.3 Å². The van der Waals surface area contributed by atoms with Crippen LogP contribution >= 0.6 is 20.2 Å². The molecule has 4 unspecified atom stereocenters. The second-order valence-corrected chi connectivity index (χ2v) is 11.9. The SMILES string of the molecule is [Cl][Mn][Cl].[HH].[HH].[HH].[HH].c1cc2nc(c1)C[N-][C@@H]1CCCC[C@H]1[N-]C1CCCCC1[N-]C1CCCCC1[N-]C2. The van der Waals surface area contributed by atoms with Crippen LogP contribution in [0.15, 0.2) is 18.2 Å². The van der Waals surface area contributed by atoms with Gasteiger partial charge in [0.25, 0.3) is 0 Å². The fraction of sp³-hybridized carbons (Fsp3) is 0.800. The molecule has 3 aliphatic carbocycles. The molecule has 6 atom stereocenters. The Morgan fingerprint density at radius 2 is 0.970 bits per heavy atom. The van der Waals surface area contributed by atoms with Crippen molar-refractivity contribution < 1.29 is 18.8 Å². The van der Waals surface area contributed by atoms with Crippen molar-refractivity contribution in [2.75, 3.05) is 0 Å². The first-order valence-corrected chi connectivity index (χ1v) is 16.1. The average molecular weight is 542 g/mol. The molecule has 3 fully saturated rings. The van der Waals surface area contributed by atoms with Crippen LogP contribution in [-0.2, 0) is 26.2 Å². The fourth-order valence-electron chi connectivity index (χ4n) is 6.02. The van der Waals surface area contributed by atoms with Crippen LogP contribution in [0.25, 0.3) is 21.3 Å². The molecule has 0 N–H and O–H groups in total. The van der Waals surface area contributed by atoms with Crippen molar-refractivity contribution in [3.63, 3.8) is 0 Å². The Morgan fingerprint density at radius 1 is 0.636 bits per heavy atom. The van der Waals surface area contributed by atoms with Gasteiger partial charge in [-0.2, -0.15) is 36.3 Å². The summed E-state index contributed by atoms with van der Waals surface area (Å²) in [5.74, 6) is 0. The minimum Gasteiger partial charge on any atom is -0.659 e. The predicted octanol–water partition coefficient (Wildman–Crippen LogP) is 8.88. The molecule has 1 aromatic heterocycles. The van der Waals surface area contributed by atoms with Crippen LogP contribution in [0.1, 0.15) is 94.1 Å². The van der Waals surface area contributed by atoms with E-state index in [1.165, 1.54) is 77.0 Å². The number of fused-ring (bicyclic) bond motifs is 5. The predicted molar refractivity (Wildman–Crippen MR) is 143 cm³/mol. The van der Waals surface area contributed by atoms with Crippen LogP contribution in [0.4, 0.5) is 0 Å². The number of hydrogen-bond acceptors (Lipinski definition) is 1. The van der Waals surface area contributed by atoms with E-state index < -0.39 is 0 Å². The van der Waals surface area contributed by atoms with Gasteiger partial charge in [0.05, 0.1) is 0 Å². The molecule has 1 aromatic rings. The maximum absolute atomic E-state index is 5.46. The van der Waals surface area contributed by atoms with Crippen molar-refractivity contribution in [1.29, 1.82) is 0 Å². The van der Waals surface area contributed by atoms with Crippen molar-refractivity contribution >= 4 is 20.2 Å². The van der Waals surface area contributed by atoms with Gasteiger partial charge in [0.1, 0.15) is 0 Å². The summed E-state index contributed by atoms with van der Waals surface area (Å²) in [5.41, 5.74) is 2.17. The molecule has 33 heavy (non-hydrogen) atoms. The first-order chi connectivity index (χ1) is 16.3. The molecule has 1 aliphatic heterocycles. The molecule has 0 saturated heterocycles. The maximum atomic E-state index is 5.46. The average Bonchev–Trinajstić information content (AvgIpc) is 2.85. The minimum absolute atomic E-state index is 0. The van der Waals surface area contributed by atoms with E-state index in [0.717, 1.165) is 24.5 Å². The molecular weight excluding hydrogens is 496 g/mol. The Kier molecular flexibility index (Phi) is 11.1. The Morgan fingerprint density at radius 3 is 1.36 bits per heavy atom. The van der Waals surface area contributed by atoms with Crippen LogP contribution in [0.5, 0.6) is 0 Å². The summed E-state index contributed by atoms with van der Waals surface area (Å²) in [4.78, 5) is 4.88. The number of rotatable bonds is 0. The molecule has 4 aliphatic rings. The molecule has 3 saturated carbocycles. The normalized spacial score (nSPS) is 35.3. The van der Waals surface area contributed by atoms with Crippen molar-refractivity contribution in [2.45, 2.75) is 126 Å². The summed E-state index contributed by atoms with van der Waals surface area (Å²) in [6.45, 7) is 1.43. The molecule has 5 rings (SSSR count). The zero-order chi connectivity index (χ0) is 22.9. The summed E-state index contributed by atoms with van der Waals surface area (Å²) in [5, 5.41) is 21.2. The van der Waals surface area contributed by atoms with E-state index >= 15 is 0 Å². The zero-order valence-corrected chi connectivity index (χ0v) is 22.2.